The van der Waals surface area contributed by atoms with Gasteiger partial charge in [0.15, 0.2) is 0 Å². The van der Waals surface area contributed by atoms with Crippen molar-refractivity contribution in [2.75, 3.05) is 55.4 Å². The summed E-state index contributed by atoms with van der Waals surface area (Å²) in [5.74, 6) is -0.992. The number of nitrogens with one attached hydrogen (secondary N) is 2. The van der Waals surface area contributed by atoms with Gasteiger partial charge in [-0.1, -0.05) is 24.3 Å². The van der Waals surface area contributed by atoms with E-state index in [1.807, 2.05) is 11.9 Å². The van der Waals surface area contributed by atoms with E-state index in [-0.39, 0.29) is 24.2 Å². The molecular weight excluding hydrogens is 447 g/mol. The summed E-state index contributed by atoms with van der Waals surface area (Å²) in [4.78, 5) is 29.6. The fourth-order valence-corrected chi connectivity index (χ4v) is 3.96. The summed E-state index contributed by atoms with van der Waals surface area (Å²) < 4.78 is 18.5. The van der Waals surface area contributed by atoms with Crippen molar-refractivity contribution in [3.63, 3.8) is 0 Å². The molecule has 0 spiro atoms. The molecule has 1 saturated heterocycles. The maximum atomic E-state index is 13.1. The Labute approximate surface area is 204 Å². The fourth-order valence-electron chi connectivity index (χ4n) is 3.96. The number of ether oxygens (including phenoxy) is 1. The molecule has 0 unspecified atom stereocenters. The lowest BCUT2D eigenvalue weighted by molar-refractivity contribution is -0.117. The first-order chi connectivity index (χ1) is 17.0. The van der Waals surface area contributed by atoms with Gasteiger partial charge in [-0.25, -0.2) is 4.39 Å². The van der Waals surface area contributed by atoms with E-state index in [4.69, 9.17) is 4.74 Å². The molecule has 0 aliphatic carbocycles. The van der Waals surface area contributed by atoms with Crippen molar-refractivity contribution in [3.05, 3.63) is 89.7 Å². The first-order valence-electron chi connectivity index (χ1n) is 11.5. The molecule has 1 fully saturated rings. The van der Waals surface area contributed by atoms with Crippen LogP contribution in [0.4, 0.5) is 21.5 Å². The van der Waals surface area contributed by atoms with Crippen LogP contribution in [0.2, 0.25) is 0 Å². The van der Waals surface area contributed by atoms with E-state index in [9.17, 15) is 14.0 Å². The summed E-state index contributed by atoms with van der Waals surface area (Å²) in [5, 5.41) is 5.56. The molecule has 8 heteroatoms. The zero-order valence-corrected chi connectivity index (χ0v) is 19.7. The van der Waals surface area contributed by atoms with Crippen LogP contribution in [0.15, 0.2) is 72.8 Å². The van der Waals surface area contributed by atoms with Gasteiger partial charge in [0, 0.05) is 31.0 Å². The van der Waals surface area contributed by atoms with Gasteiger partial charge in [0.05, 0.1) is 31.0 Å². The number of nitrogens with zero attached hydrogens (tertiary/aromatic N) is 2. The van der Waals surface area contributed by atoms with E-state index < -0.39 is 0 Å². The van der Waals surface area contributed by atoms with Crippen molar-refractivity contribution >= 4 is 28.9 Å². The van der Waals surface area contributed by atoms with Crippen LogP contribution in [-0.4, -0.2) is 56.6 Å². The van der Waals surface area contributed by atoms with E-state index >= 15 is 0 Å². The average Bonchev–Trinajstić information content (AvgIpc) is 2.86. The number of amides is 2. The van der Waals surface area contributed by atoms with Crippen LogP contribution in [0.3, 0.4) is 0 Å². The Balaban J connectivity index is 1.32. The number of carbonyl (C=O) groups is 2. The number of likely N-dealkylation sites (N-methyl/N-ethyl adjacent to an activating group) is 1. The van der Waals surface area contributed by atoms with Gasteiger partial charge in [-0.2, -0.15) is 0 Å². The van der Waals surface area contributed by atoms with E-state index in [2.05, 4.69) is 39.8 Å². The van der Waals surface area contributed by atoms with Crippen LogP contribution in [0.5, 0.6) is 0 Å². The molecule has 1 aliphatic heterocycles. The van der Waals surface area contributed by atoms with Crippen LogP contribution in [0.1, 0.15) is 15.9 Å². The summed E-state index contributed by atoms with van der Waals surface area (Å²) in [6.07, 6.45) is 0. The fraction of sp³-hybridized carbons (Fsp3) is 0.259. The minimum atomic E-state index is -0.388. The van der Waals surface area contributed by atoms with Crippen LogP contribution < -0.4 is 15.5 Å². The number of anilines is 3. The Morgan fingerprint density at radius 2 is 1.63 bits per heavy atom. The molecule has 0 bridgehead atoms. The molecule has 7 nitrogen and oxygen atoms in total. The molecule has 0 atom stereocenters. The number of halogens is 1. The lowest BCUT2D eigenvalue weighted by Crippen LogP contribution is -2.36. The quantitative estimate of drug-likeness (QED) is 0.515. The van der Waals surface area contributed by atoms with Gasteiger partial charge in [-0.05, 0) is 61.1 Å². The normalized spacial score (nSPS) is 13.5. The van der Waals surface area contributed by atoms with E-state index in [1.165, 1.54) is 30.0 Å². The lowest BCUT2D eigenvalue weighted by atomic mass is 10.1. The van der Waals surface area contributed by atoms with E-state index in [0.717, 1.165) is 31.9 Å². The summed E-state index contributed by atoms with van der Waals surface area (Å²) in [7, 11) is 1.88. The highest BCUT2D eigenvalue weighted by molar-refractivity contribution is 6.10. The molecule has 3 aromatic carbocycles. The highest BCUT2D eigenvalue weighted by Crippen LogP contribution is 2.19. The number of para-hydroxylation sites is 1. The monoisotopic (exact) mass is 476 g/mol. The van der Waals surface area contributed by atoms with Gasteiger partial charge in [0.25, 0.3) is 5.91 Å². The highest BCUT2D eigenvalue weighted by Gasteiger charge is 2.15. The molecule has 3 aromatic rings. The third-order valence-corrected chi connectivity index (χ3v) is 5.73. The van der Waals surface area contributed by atoms with Crippen LogP contribution in [0, 0.1) is 5.82 Å². The molecule has 0 saturated carbocycles. The molecule has 0 aromatic heterocycles. The topological polar surface area (TPSA) is 73.9 Å². The SMILES string of the molecule is CN(CC(=O)Nc1ccccc1C(=O)Nc1ccc(F)cc1)Cc1ccc(N2CCOCC2)cc1. The molecule has 35 heavy (non-hydrogen) atoms. The molecule has 2 N–H and O–H groups in total. The third-order valence-electron chi connectivity index (χ3n) is 5.73. The smallest absolute Gasteiger partial charge is 0.257 e. The Bertz CT molecular complexity index is 1150. The minimum absolute atomic E-state index is 0.166. The second-order valence-corrected chi connectivity index (χ2v) is 8.49. The summed E-state index contributed by atoms with van der Waals surface area (Å²) >= 11 is 0. The highest BCUT2D eigenvalue weighted by atomic mass is 19.1. The van der Waals surface area contributed by atoms with Gasteiger partial charge >= 0.3 is 0 Å². The summed E-state index contributed by atoms with van der Waals surface area (Å²) in [5.41, 5.74) is 3.49. The van der Waals surface area contributed by atoms with Gasteiger partial charge in [0.1, 0.15) is 5.82 Å². The second kappa shape index (κ2) is 11.6. The van der Waals surface area contributed by atoms with Gasteiger partial charge in [-0.3, -0.25) is 14.5 Å². The molecular formula is C27H29FN4O3. The zero-order valence-electron chi connectivity index (χ0n) is 19.7. The Morgan fingerprint density at radius 1 is 0.943 bits per heavy atom. The standard InChI is InChI=1S/C27H29FN4O3/c1-31(18-20-6-12-23(13-7-20)32-14-16-35-17-15-32)19-26(33)30-25-5-3-2-4-24(25)27(34)29-22-10-8-21(28)9-11-22/h2-13H,14-19H2,1H3,(H,29,34)(H,30,33). The average molecular weight is 477 g/mol. The Morgan fingerprint density at radius 3 is 2.34 bits per heavy atom. The molecule has 2 amide bonds. The van der Waals surface area contributed by atoms with Crippen molar-refractivity contribution in [2.24, 2.45) is 0 Å². The van der Waals surface area contributed by atoms with Gasteiger partial charge < -0.3 is 20.3 Å². The predicted octanol–water partition coefficient (Wildman–Crippen LogP) is 3.99. The van der Waals surface area contributed by atoms with E-state index in [1.54, 1.807) is 24.3 Å². The maximum absolute atomic E-state index is 13.1. The Kier molecular flexibility index (Phi) is 8.07. The van der Waals surface area contributed by atoms with Crippen molar-refractivity contribution in [1.82, 2.24) is 4.90 Å². The number of hydrogen-bond donors (Lipinski definition) is 2. The number of carbonyl (C=O) groups excluding carboxylic acids is 2. The number of rotatable bonds is 8. The first-order valence-corrected chi connectivity index (χ1v) is 11.5. The zero-order chi connectivity index (χ0) is 24.6. The molecule has 182 valence electrons. The number of benzene rings is 3. The van der Waals surface area contributed by atoms with Crippen molar-refractivity contribution in [1.29, 1.82) is 0 Å². The molecule has 0 radical (unpaired) electrons. The van der Waals surface area contributed by atoms with Crippen LogP contribution >= 0.6 is 0 Å². The van der Waals surface area contributed by atoms with Gasteiger partial charge in [-0.15, -0.1) is 0 Å². The second-order valence-electron chi connectivity index (χ2n) is 8.49. The van der Waals surface area contributed by atoms with Crippen molar-refractivity contribution < 1.29 is 18.7 Å². The van der Waals surface area contributed by atoms with Crippen molar-refractivity contribution in [3.8, 4) is 0 Å². The summed E-state index contributed by atoms with van der Waals surface area (Å²) in [6.45, 7) is 4.06. The lowest BCUT2D eigenvalue weighted by Gasteiger charge is -2.29. The predicted molar refractivity (Wildman–Crippen MR) is 135 cm³/mol. The van der Waals surface area contributed by atoms with Crippen LogP contribution in [-0.2, 0) is 16.1 Å². The maximum Gasteiger partial charge on any atom is 0.257 e. The summed E-state index contributed by atoms with van der Waals surface area (Å²) in [6, 6.07) is 20.7. The third kappa shape index (κ3) is 6.88. The van der Waals surface area contributed by atoms with Crippen LogP contribution in [0.25, 0.3) is 0 Å². The van der Waals surface area contributed by atoms with E-state index in [0.29, 0.717) is 23.5 Å². The molecule has 1 aliphatic rings. The van der Waals surface area contributed by atoms with Gasteiger partial charge in [0.2, 0.25) is 5.91 Å². The number of morpholine rings is 1. The largest absolute Gasteiger partial charge is 0.378 e. The Hall–Kier alpha value is -3.75. The van der Waals surface area contributed by atoms with Crippen molar-refractivity contribution in [2.45, 2.75) is 6.54 Å². The minimum Gasteiger partial charge on any atom is -0.378 e. The molecule has 4 rings (SSSR count). The molecule has 1 heterocycles. The first kappa shape index (κ1) is 24.4. The number of hydrogen-bond acceptors (Lipinski definition) is 5.